The summed E-state index contributed by atoms with van der Waals surface area (Å²) in [7, 11) is 0. The van der Waals surface area contributed by atoms with Crippen LogP contribution >= 0.6 is 0 Å². The van der Waals surface area contributed by atoms with Crippen LogP contribution in [0.5, 0.6) is 0 Å². The first kappa shape index (κ1) is 24.2. The quantitative estimate of drug-likeness (QED) is 0.512. The Kier molecular flexibility index (Phi) is 7.44. The van der Waals surface area contributed by atoms with Gasteiger partial charge in [-0.3, -0.25) is 14.3 Å². The molecule has 7 heteroatoms. The van der Waals surface area contributed by atoms with Crippen molar-refractivity contribution >= 4 is 11.8 Å². The fourth-order valence-electron chi connectivity index (χ4n) is 5.70. The van der Waals surface area contributed by atoms with Gasteiger partial charge in [-0.05, 0) is 73.4 Å². The van der Waals surface area contributed by atoms with Crippen LogP contribution in [-0.4, -0.2) is 57.1 Å². The number of amides is 2. The van der Waals surface area contributed by atoms with Gasteiger partial charge in [0.05, 0.1) is 13.0 Å². The van der Waals surface area contributed by atoms with E-state index < -0.39 is 0 Å². The molecule has 6 nitrogen and oxygen atoms in total. The SMILES string of the molecule is O=C(Cc1ccccc1F)N1CCC([C@@H]2CCCCN2C(=O)c2cccc(Cn3cccn3)c2)CC1. The highest BCUT2D eigenvalue weighted by Gasteiger charge is 2.36. The van der Waals surface area contributed by atoms with E-state index >= 15 is 0 Å². The highest BCUT2D eigenvalue weighted by molar-refractivity contribution is 5.94. The lowest BCUT2D eigenvalue weighted by Gasteiger charge is -2.44. The van der Waals surface area contributed by atoms with Gasteiger partial charge in [-0.1, -0.05) is 30.3 Å². The maximum absolute atomic E-state index is 14.0. The minimum absolute atomic E-state index is 0.0240. The molecule has 3 heterocycles. The Morgan fingerprint density at radius 2 is 1.78 bits per heavy atom. The highest BCUT2D eigenvalue weighted by Crippen LogP contribution is 2.32. The normalized spacial score (nSPS) is 18.9. The van der Waals surface area contributed by atoms with Crippen LogP contribution in [-0.2, 0) is 17.8 Å². The molecule has 2 aliphatic heterocycles. The third-order valence-corrected chi connectivity index (χ3v) is 7.62. The lowest BCUT2D eigenvalue weighted by molar-refractivity contribution is -0.132. The smallest absolute Gasteiger partial charge is 0.254 e. The molecule has 188 valence electrons. The average molecular weight is 489 g/mol. The zero-order valence-electron chi connectivity index (χ0n) is 20.6. The summed E-state index contributed by atoms with van der Waals surface area (Å²) in [6.07, 6.45) is 8.67. The molecule has 0 aliphatic carbocycles. The van der Waals surface area contributed by atoms with Gasteiger partial charge < -0.3 is 9.80 Å². The maximum atomic E-state index is 14.0. The Balaban J connectivity index is 1.22. The summed E-state index contributed by atoms with van der Waals surface area (Å²) in [6, 6.07) is 16.4. The van der Waals surface area contributed by atoms with Crippen LogP contribution in [0, 0.1) is 11.7 Å². The van der Waals surface area contributed by atoms with Crippen molar-refractivity contribution in [1.82, 2.24) is 19.6 Å². The first-order valence-corrected chi connectivity index (χ1v) is 13.0. The van der Waals surface area contributed by atoms with Crippen LogP contribution in [0.1, 0.15) is 53.6 Å². The fourth-order valence-corrected chi connectivity index (χ4v) is 5.70. The molecule has 0 unspecified atom stereocenters. The van der Waals surface area contributed by atoms with Crippen molar-refractivity contribution in [2.24, 2.45) is 5.92 Å². The summed E-state index contributed by atoms with van der Waals surface area (Å²) in [5, 5.41) is 4.27. The molecular weight excluding hydrogens is 455 g/mol. The number of hydrogen-bond acceptors (Lipinski definition) is 3. The van der Waals surface area contributed by atoms with Gasteiger partial charge in [0.25, 0.3) is 5.91 Å². The van der Waals surface area contributed by atoms with Gasteiger partial charge in [0.2, 0.25) is 5.91 Å². The summed E-state index contributed by atoms with van der Waals surface area (Å²) in [5.41, 5.74) is 2.23. The third-order valence-electron chi connectivity index (χ3n) is 7.62. The van der Waals surface area contributed by atoms with E-state index in [4.69, 9.17) is 0 Å². The highest BCUT2D eigenvalue weighted by atomic mass is 19.1. The van der Waals surface area contributed by atoms with Crippen molar-refractivity contribution in [3.8, 4) is 0 Å². The van der Waals surface area contributed by atoms with Crippen LogP contribution in [0.2, 0.25) is 0 Å². The molecule has 0 bridgehead atoms. The molecule has 2 saturated heterocycles. The number of rotatable bonds is 6. The molecule has 2 aliphatic rings. The van der Waals surface area contributed by atoms with E-state index in [1.807, 2.05) is 46.1 Å². The lowest BCUT2D eigenvalue weighted by atomic mass is 9.83. The van der Waals surface area contributed by atoms with Crippen molar-refractivity contribution in [3.63, 3.8) is 0 Å². The Morgan fingerprint density at radius 1 is 0.944 bits per heavy atom. The van der Waals surface area contributed by atoms with Crippen molar-refractivity contribution in [2.75, 3.05) is 19.6 Å². The Morgan fingerprint density at radius 3 is 2.56 bits per heavy atom. The fraction of sp³-hybridized carbons (Fsp3) is 0.414. The summed E-state index contributed by atoms with van der Waals surface area (Å²) < 4.78 is 15.8. The molecule has 1 aromatic heterocycles. The number of benzene rings is 2. The summed E-state index contributed by atoms with van der Waals surface area (Å²) in [5.74, 6) is 0.119. The first-order valence-electron chi connectivity index (χ1n) is 13.0. The second kappa shape index (κ2) is 11.1. The van der Waals surface area contributed by atoms with E-state index in [0.29, 0.717) is 31.1 Å². The molecule has 0 spiro atoms. The van der Waals surface area contributed by atoms with E-state index in [-0.39, 0.29) is 30.1 Å². The van der Waals surface area contributed by atoms with Gasteiger partial charge in [-0.25, -0.2) is 4.39 Å². The standard InChI is InChI=1S/C29H33FN4O2/c30-26-10-2-1-8-24(26)20-28(35)32-17-12-23(13-18-32)27-11-3-4-16-34(27)29(36)25-9-5-7-22(19-25)21-33-15-6-14-31-33/h1-2,5-10,14-15,19,23,27H,3-4,11-13,16-18,20-21H2/t27-/m0/s1. The van der Waals surface area contributed by atoms with E-state index in [9.17, 15) is 14.0 Å². The largest absolute Gasteiger partial charge is 0.342 e. The van der Waals surface area contributed by atoms with Crippen molar-refractivity contribution in [3.05, 3.63) is 89.5 Å². The second-order valence-electron chi connectivity index (χ2n) is 9.95. The summed E-state index contributed by atoms with van der Waals surface area (Å²) in [4.78, 5) is 30.4. The van der Waals surface area contributed by atoms with Crippen LogP contribution in [0.15, 0.2) is 67.0 Å². The van der Waals surface area contributed by atoms with Crippen LogP contribution in [0.3, 0.4) is 0 Å². The minimum atomic E-state index is -0.328. The Labute approximate surface area is 211 Å². The number of nitrogens with zero attached hydrogens (tertiary/aromatic N) is 4. The number of carbonyl (C=O) groups is 2. The van der Waals surface area contributed by atoms with Gasteiger partial charge in [0, 0.05) is 43.6 Å². The van der Waals surface area contributed by atoms with Crippen molar-refractivity contribution in [2.45, 2.75) is 51.1 Å². The lowest BCUT2D eigenvalue weighted by Crippen LogP contribution is -2.51. The van der Waals surface area contributed by atoms with E-state index in [0.717, 1.165) is 49.8 Å². The molecule has 0 saturated carbocycles. The van der Waals surface area contributed by atoms with E-state index in [1.54, 1.807) is 24.4 Å². The number of halogens is 1. The predicted octanol–water partition coefficient (Wildman–Crippen LogP) is 4.55. The molecule has 2 amide bonds. The van der Waals surface area contributed by atoms with Gasteiger partial charge in [0.1, 0.15) is 5.82 Å². The van der Waals surface area contributed by atoms with Gasteiger partial charge >= 0.3 is 0 Å². The topological polar surface area (TPSA) is 58.4 Å². The molecule has 0 N–H and O–H groups in total. The second-order valence-corrected chi connectivity index (χ2v) is 9.95. The molecule has 2 aromatic carbocycles. The molecule has 3 aromatic rings. The molecule has 2 fully saturated rings. The monoisotopic (exact) mass is 488 g/mol. The van der Waals surface area contributed by atoms with Crippen LogP contribution in [0.4, 0.5) is 4.39 Å². The summed E-state index contributed by atoms with van der Waals surface area (Å²) >= 11 is 0. The number of aromatic nitrogens is 2. The molecule has 1 atom stereocenters. The molecule has 5 rings (SSSR count). The summed E-state index contributed by atoms with van der Waals surface area (Å²) in [6.45, 7) is 2.74. The molecule has 0 radical (unpaired) electrons. The van der Waals surface area contributed by atoms with Gasteiger partial charge in [-0.15, -0.1) is 0 Å². The minimum Gasteiger partial charge on any atom is -0.342 e. The molecule has 36 heavy (non-hydrogen) atoms. The zero-order valence-corrected chi connectivity index (χ0v) is 20.6. The van der Waals surface area contributed by atoms with Crippen LogP contribution < -0.4 is 0 Å². The Hall–Kier alpha value is -3.48. The van der Waals surface area contributed by atoms with Gasteiger partial charge in [-0.2, -0.15) is 5.10 Å². The number of carbonyl (C=O) groups excluding carboxylic acids is 2. The zero-order chi connectivity index (χ0) is 24.9. The van der Waals surface area contributed by atoms with Crippen molar-refractivity contribution in [1.29, 1.82) is 0 Å². The number of piperidine rings is 2. The first-order chi connectivity index (χ1) is 17.6. The Bertz CT molecular complexity index is 1190. The van der Waals surface area contributed by atoms with E-state index in [1.165, 1.54) is 6.07 Å². The van der Waals surface area contributed by atoms with Crippen molar-refractivity contribution < 1.29 is 14.0 Å². The maximum Gasteiger partial charge on any atom is 0.254 e. The number of likely N-dealkylation sites (tertiary alicyclic amines) is 2. The third kappa shape index (κ3) is 5.50. The predicted molar refractivity (Wildman–Crippen MR) is 136 cm³/mol. The van der Waals surface area contributed by atoms with E-state index in [2.05, 4.69) is 10.00 Å². The van der Waals surface area contributed by atoms with Gasteiger partial charge in [0.15, 0.2) is 0 Å². The number of hydrogen-bond donors (Lipinski definition) is 0. The molecular formula is C29H33FN4O2. The average Bonchev–Trinajstić information content (AvgIpc) is 3.43. The van der Waals surface area contributed by atoms with Crippen LogP contribution in [0.25, 0.3) is 0 Å².